The van der Waals surface area contributed by atoms with Crippen molar-refractivity contribution in [2.75, 3.05) is 24.0 Å². The van der Waals surface area contributed by atoms with E-state index in [9.17, 15) is 4.79 Å². The van der Waals surface area contributed by atoms with Crippen LogP contribution in [-0.2, 0) is 16.8 Å². The van der Waals surface area contributed by atoms with Gasteiger partial charge in [0.25, 0.3) is 0 Å². The van der Waals surface area contributed by atoms with Crippen molar-refractivity contribution >= 4 is 40.5 Å². The molecule has 3 aromatic carbocycles. The average molecular weight is 483 g/mol. The van der Waals surface area contributed by atoms with E-state index in [1.807, 2.05) is 61.5 Å². The summed E-state index contributed by atoms with van der Waals surface area (Å²) < 4.78 is 5.72. The molecule has 0 spiro atoms. The van der Waals surface area contributed by atoms with Crippen LogP contribution in [-0.4, -0.2) is 26.1 Å². The lowest BCUT2D eigenvalue weighted by Crippen LogP contribution is -2.39. The highest BCUT2D eigenvalue weighted by Gasteiger charge is 2.49. The fraction of sp³-hybridized carbons (Fsp3) is 0.296. The molecule has 33 heavy (non-hydrogen) atoms. The molecule has 0 bridgehead atoms. The van der Waals surface area contributed by atoms with Gasteiger partial charge in [-0.1, -0.05) is 47.5 Å². The fourth-order valence-corrected chi connectivity index (χ4v) is 4.97. The molecule has 0 saturated carbocycles. The molecule has 0 saturated heterocycles. The minimum absolute atomic E-state index is 0.0432. The third-order valence-electron chi connectivity index (χ3n) is 6.65. The first-order valence-electron chi connectivity index (χ1n) is 10.9. The van der Waals surface area contributed by atoms with Gasteiger partial charge in [0, 0.05) is 46.1 Å². The summed E-state index contributed by atoms with van der Waals surface area (Å²) in [6.07, 6.45) is 0. The van der Waals surface area contributed by atoms with Crippen molar-refractivity contribution in [2.45, 2.75) is 38.8 Å². The number of carbonyl (C=O) groups excluding carboxylic acids is 1. The first-order chi connectivity index (χ1) is 15.7. The Bertz CT molecular complexity index is 1210. The second kappa shape index (κ2) is 8.92. The number of anilines is 2. The summed E-state index contributed by atoms with van der Waals surface area (Å²) in [6.45, 7) is 6.58. The number of hydrogen-bond acceptors (Lipinski definition) is 3. The molecule has 0 aromatic heterocycles. The van der Waals surface area contributed by atoms with Crippen LogP contribution in [0, 0.1) is 0 Å². The monoisotopic (exact) mass is 482 g/mol. The summed E-state index contributed by atoms with van der Waals surface area (Å²) in [7, 11) is 3.71. The number of hydrogen-bond donors (Lipinski definition) is 0. The molecular weight excluding hydrogens is 455 g/mol. The van der Waals surface area contributed by atoms with E-state index in [0.29, 0.717) is 22.6 Å². The van der Waals surface area contributed by atoms with Gasteiger partial charge in [-0.25, -0.2) is 0 Å². The SMILES string of the molecule is COc1cc(N(C)C(C)C)ccc1CN1C(=O)C(C)(c2ccccc2Cl)c2cc(Cl)ccc21. The largest absolute Gasteiger partial charge is 0.496 e. The van der Waals surface area contributed by atoms with Crippen LogP contribution in [0.15, 0.2) is 60.7 Å². The minimum atomic E-state index is -0.941. The summed E-state index contributed by atoms with van der Waals surface area (Å²) in [6, 6.07) is 19.6. The van der Waals surface area contributed by atoms with Crippen molar-refractivity contribution in [2.24, 2.45) is 0 Å². The van der Waals surface area contributed by atoms with Crippen molar-refractivity contribution < 1.29 is 9.53 Å². The average Bonchev–Trinajstić information content (AvgIpc) is 3.01. The quantitative estimate of drug-likeness (QED) is 0.391. The maximum absolute atomic E-state index is 14.0. The molecule has 4 rings (SSSR count). The Kier molecular flexibility index (Phi) is 6.35. The summed E-state index contributed by atoms with van der Waals surface area (Å²) in [5.41, 5.74) is 3.50. The zero-order valence-corrected chi connectivity index (χ0v) is 21.0. The Balaban J connectivity index is 1.79. The third kappa shape index (κ3) is 3.96. The number of fused-ring (bicyclic) bond motifs is 1. The smallest absolute Gasteiger partial charge is 0.242 e. The highest BCUT2D eigenvalue weighted by molar-refractivity contribution is 6.32. The van der Waals surface area contributed by atoms with Gasteiger partial charge in [0.05, 0.1) is 13.7 Å². The molecule has 4 nitrogen and oxygen atoms in total. The van der Waals surface area contributed by atoms with Crippen LogP contribution in [0.1, 0.15) is 37.5 Å². The van der Waals surface area contributed by atoms with Crippen molar-refractivity contribution in [3.05, 3.63) is 87.4 Å². The number of amides is 1. The van der Waals surface area contributed by atoms with Crippen LogP contribution in [0.5, 0.6) is 5.75 Å². The van der Waals surface area contributed by atoms with Gasteiger partial charge >= 0.3 is 0 Å². The second-order valence-electron chi connectivity index (χ2n) is 8.86. The van der Waals surface area contributed by atoms with Gasteiger partial charge in [0.2, 0.25) is 5.91 Å². The molecule has 1 aliphatic heterocycles. The van der Waals surface area contributed by atoms with Crippen LogP contribution in [0.25, 0.3) is 0 Å². The predicted octanol–water partition coefficient (Wildman–Crippen LogP) is 6.70. The van der Waals surface area contributed by atoms with Gasteiger partial charge in [-0.2, -0.15) is 0 Å². The highest BCUT2D eigenvalue weighted by Crippen LogP contribution is 2.49. The number of nitrogens with zero attached hydrogens (tertiary/aromatic N) is 2. The van der Waals surface area contributed by atoms with E-state index < -0.39 is 5.41 Å². The highest BCUT2D eigenvalue weighted by atomic mass is 35.5. The molecule has 0 radical (unpaired) electrons. The van der Waals surface area contributed by atoms with E-state index >= 15 is 0 Å². The number of methoxy groups -OCH3 is 1. The summed E-state index contributed by atoms with van der Waals surface area (Å²) in [5.74, 6) is 0.702. The molecule has 1 atom stereocenters. The number of rotatable bonds is 6. The minimum Gasteiger partial charge on any atom is -0.496 e. The van der Waals surface area contributed by atoms with Gasteiger partial charge in [0.1, 0.15) is 11.2 Å². The zero-order chi connectivity index (χ0) is 23.9. The number of benzene rings is 3. The van der Waals surface area contributed by atoms with E-state index in [1.165, 1.54) is 0 Å². The lowest BCUT2D eigenvalue weighted by molar-refractivity contribution is -0.121. The number of halogens is 2. The van der Waals surface area contributed by atoms with Crippen LogP contribution in [0.3, 0.4) is 0 Å². The van der Waals surface area contributed by atoms with Gasteiger partial charge in [-0.05, 0) is 62.2 Å². The maximum Gasteiger partial charge on any atom is 0.242 e. The van der Waals surface area contributed by atoms with Gasteiger partial charge in [-0.3, -0.25) is 4.79 Å². The Labute approximate surface area is 205 Å². The van der Waals surface area contributed by atoms with Gasteiger partial charge in [-0.15, -0.1) is 0 Å². The van der Waals surface area contributed by atoms with Crippen LogP contribution in [0.4, 0.5) is 11.4 Å². The molecular formula is C27H28Cl2N2O2. The first kappa shape index (κ1) is 23.5. The van der Waals surface area contributed by atoms with E-state index in [2.05, 4.69) is 31.9 Å². The Morgan fingerprint density at radius 2 is 1.76 bits per heavy atom. The molecule has 1 aliphatic rings. The standard InChI is InChI=1S/C27H28Cl2N2O2/c1-17(2)30(4)20-12-10-18(25(15-20)33-5)16-31-24-13-11-19(28)14-22(24)27(3,26(31)32)21-8-6-7-9-23(21)29/h6-15,17H,16H2,1-5H3. The molecule has 6 heteroatoms. The van der Waals surface area contributed by atoms with Gasteiger partial charge in [0.15, 0.2) is 0 Å². The molecule has 1 heterocycles. The summed E-state index contributed by atoms with van der Waals surface area (Å²) in [4.78, 5) is 18.0. The maximum atomic E-state index is 14.0. The van der Waals surface area contributed by atoms with E-state index in [0.717, 1.165) is 33.8 Å². The van der Waals surface area contributed by atoms with E-state index in [1.54, 1.807) is 12.0 Å². The van der Waals surface area contributed by atoms with Crippen LogP contribution >= 0.6 is 23.2 Å². The lowest BCUT2D eigenvalue weighted by atomic mass is 9.77. The number of ether oxygens (including phenoxy) is 1. The summed E-state index contributed by atoms with van der Waals surface area (Å²) in [5, 5.41) is 1.14. The van der Waals surface area contributed by atoms with E-state index in [-0.39, 0.29) is 5.91 Å². The van der Waals surface area contributed by atoms with Crippen molar-refractivity contribution in [1.29, 1.82) is 0 Å². The van der Waals surface area contributed by atoms with Crippen LogP contribution < -0.4 is 14.5 Å². The molecule has 172 valence electrons. The van der Waals surface area contributed by atoms with Crippen LogP contribution in [0.2, 0.25) is 10.0 Å². The topological polar surface area (TPSA) is 32.8 Å². The van der Waals surface area contributed by atoms with E-state index in [4.69, 9.17) is 27.9 Å². The van der Waals surface area contributed by atoms with Gasteiger partial charge < -0.3 is 14.5 Å². The van der Waals surface area contributed by atoms with Crippen molar-refractivity contribution in [3.8, 4) is 5.75 Å². The third-order valence-corrected chi connectivity index (χ3v) is 7.22. The molecule has 1 unspecified atom stereocenters. The normalized spacial score (nSPS) is 17.5. The van der Waals surface area contributed by atoms with Crippen molar-refractivity contribution in [1.82, 2.24) is 0 Å². The second-order valence-corrected chi connectivity index (χ2v) is 9.70. The first-order valence-corrected chi connectivity index (χ1v) is 11.7. The summed E-state index contributed by atoms with van der Waals surface area (Å²) >= 11 is 12.9. The predicted molar refractivity (Wildman–Crippen MR) is 137 cm³/mol. The molecule has 3 aromatic rings. The lowest BCUT2D eigenvalue weighted by Gasteiger charge is -2.27. The fourth-order valence-electron chi connectivity index (χ4n) is 4.47. The molecule has 0 N–H and O–H groups in total. The molecule has 1 amide bonds. The Morgan fingerprint density at radius 1 is 1.03 bits per heavy atom. The van der Waals surface area contributed by atoms with Crippen molar-refractivity contribution in [3.63, 3.8) is 0 Å². The molecule has 0 fully saturated rings. The Hall–Kier alpha value is -2.69. The zero-order valence-electron chi connectivity index (χ0n) is 19.5. The number of carbonyl (C=O) groups is 1. The molecule has 0 aliphatic carbocycles. The Morgan fingerprint density at radius 3 is 2.42 bits per heavy atom.